The maximum atomic E-state index is 12.3. The predicted molar refractivity (Wildman–Crippen MR) is 82.2 cm³/mol. The summed E-state index contributed by atoms with van der Waals surface area (Å²) >= 11 is 0. The first-order chi connectivity index (χ1) is 11.2. The monoisotopic (exact) mass is 317 g/mol. The van der Waals surface area contributed by atoms with Crippen LogP contribution in [0.4, 0.5) is 0 Å². The molecule has 0 atom stereocenters. The van der Waals surface area contributed by atoms with E-state index in [2.05, 4.69) is 20.8 Å². The number of amides is 1. The van der Waals surface area contributed by atoms with E-state index in [0.29, 0.717) is 24.2 Å². The third-order valence-corrected chi connectivity index (χ3v) is 3.35. The molecule has 1 aromatic carbocycles. The summed E-state index contributed by atoms with van der Waals surface area (Å²) in [4.78, 5) is 22.7. The topological polar surface area (TPSA) is 110 Å². The largest absolute Gasteiger partial charge is 0.481 e. The van der Waals surface area contributed by atoms with Crippen LogP contribution in [0.3, 0.4) is 0 Å². The molecule has 0 unspecified atom stereocenters. The van der Waals surface area contributed by atoms with Gasteiger partial charge in [0.1, 0.15) is 6.33 Å². The van der Waals surface area contributed by atoms with Gasteiger partial charge in [-0.25, -0.2) is 0 Å². The standard InChI is InChI=1S/C15H19N5O3/c21-14(22)9-3-1-2-6-10-16-15(23)12-7-4-5-8-13(12)20-11-17-18-19-20/h4-5,7-8,11H,1-3,6,9-10H2,(H,16,23)(H,21,22). The molecule has 0 spiro atoms. The summed E-state index contributed by atoms with van der Waals surface area (Å²) in [5, 5.41) is 22.4. The zero-order valence-corrected chi connectivity index (χ0v) is 12.7. The maximum absolute atomic E-state index is 12.3. The second-order valence-corrected chi connectivity index (χ2v) is 5.09. The Morgan fingerprint density at radius 1 is 1.13 bits per heavy atom. The average Bonchev–Trinajstić information content (AvgIpc) is 3.08. The molecule has 1 amide bonds. The molecule has 0 radical (unpaired) electrons. The van der Waals surface area contributed by atoms with E-state index in [-0.39, 0.29) is 12.3 Å². The van der Waals surface area contributed by atoms with Crippen LogP contribution in [-0.4, -0.2) is 43.7 Å². The number of tetrazole rings is 1. The number of rotatable bonds is 9. The van der Waals surface area contributed by atoms with Gasteiger partial charge in [-0.1, -0.05) is 25.0 Å². The van der Waals surface area contributed by atoms with Crippen molar-refractivity contribution in [1.82, 2.24) is 25.5 Å². The number of hydrogen-bond acceptors (Lipinski definition) is 5. The fraction of sp³-hybridized carbons (Fsp3) is 0.400. The molecule has 1 aromatic heterocycles. The highest BCUT2D eigenvalue weighted by Gasteiger charge is 2.12. The third kappa shape index (κ3) is 5.17. The lowest BCUT2D eigenvalue weighted by Crippen LogP contribution is -2.25. The van der Waals surface area contributed by atoms with Crippen LogP contribution in [0.2, 0.25) is 0 Å². The third-order valence-electron chi connectivity index (χ3n) is 3.35. The minimum absolute atomic E-state index is 0.179. The Kier molecular flexibility index (Phi) is 6.22. The predicted octanol–water partition coefficient (Wildman–Crippen LogP) is 1.43. The summed E-state index contributed by atoms with van der Waals surface area (Å²) in [6, 6.07) is 7.10. The highest BCUT2D eigenvalue weighted by atomic mass is 16.4. The van der Waals surface area contributed by atoms with Gasteiger partial charge in [0, 0.05) is 13.0 Å². The van der Waals surface area contributed by atoms with Gasteiger partial charge >= 0.3 is 5.97 Å². The summed E-state index contributed by atoms with van der Waals surface area (Å²) in [5.74, 6) is -0.945. The molecule has 0 aliphatic heterocycles. The SMILES string of the molecule is O=C(O)CCCCCCNC(=O)c1ccccc1-n1cnnn1. The van der Waals surface area contributed by atoms with E-state index < -0.39 is 5.97 Å². The zero-order valence-electron chi connectivity index (χ0n) is 12.7. The minimum Gasteiger partial charge on any atom is -0.481 e. The molecule has 0 saturated heterocycles. The van der Waals surface area contributed by atoms with Gasteiger partial charge in [0.05, 0.1) is 11.3 Å². The van der Waals surface area contributed by atoms with Crippen LogP contribution < -0.4 is 5.32 Å². The molecule has 0 aliphatic rings. The van der Waals surface area contributed by atoms with Gasteiger partial charge in [-0.05, 0) is 35.4 Å². The summed E-state index contributed by atoms with van der Waals surface area (Å²) in [5.41, 5.74) is 1.13. The first kappa shape index (κ1) is 16.6. The number of hydrogen-bond donors (Lipinski definition) is 2. The number of aromatic nitrogens is 4. The number of unbranched alkanes of at least 4 members (excludes halogenated alkanes) is 3. The van der Waals surface area contributed by atoms with Crippen LogP contribution in [0.25, 0.3) is 5.69 Å². The molecule has 0 fully saturated rings. The molecule has 2 N–H and O–H groups in total. The van der Waals surface area contributed by atoms with Crippen molar-refractivity contribution in [2.24, 2.45) is 0 Å². The molecule has 8 heteroatoms. The number of nitrogens with one attached hydrogen (secondary N) is 1. The number of carbonyl (C=O) groups is 2. The van der Waals surface area contributed by atoms with Crippen molar-refractivity contribution in [2.75, 3.05) is 6.54 Å². The van der Waals surface area contributed by atoms with Crippen LogP contribution in [-0.2, 0) is 4.79 Å². The van der Waals surface area contributed by atoms with E-state index >= 15 is 0 Å². The van der Waals surface area contributed by atoms with E-state index in [1.165, 1.54) is 11.0 Å². The Hall–Kier alpha value is -2.77. The van der Waals surface area contributed by atoms with Gasteiger partial charge in [-0.15, -0.1) is 5.10 Å². The lowest BCUT2D eigenvalue weighted by Gasteiger charge is -2.09. The van der Waals surface area contributed by atoms with Crippen molar-refractivity contribution < 1.29 is 14.7 Å². The maximum Gasteiger partial charge on any atom is 0.303 e. The molecule has 0 bridgehead atoms. The van der Waals surface area contributed by atoms with E-state index in [0.717, 1.165) is 19.3 Å². The van der Waals surface area contributed by atoms with Crippen molar-refractivity contribution in [3.63, 3.8) is 0 Å². The molecule has 0 aliphatic carbocycles. The van der Waals surface area contributed by atoms with Gasteiger partial charge < -0.3 is 10.4 Å². The molecular weight excluding hydrogens is 298 g/mol. The summed E-state index contributed by atoms with van der Waals surface area (Å²) in [7, 11) is 0. The van der Waals surface area contributed by atoms with Crippen molar-refractivity contribution >= 4 is 11.9 Å². The molecule has 0 saturated carbocycles. The minimum atomic E-state index is -0.766. The zero-order chi connectivity index (χ0) is 16.5. The molecule has 2 aromatic rings. The Balaban J connectivity index is 1.79. The number of benzene rings is 1. The van der Waals surface area contributed by atoms with Gasteiger partial charge in [-0.3, -0.25) is 9.59 Å². The second kappa shape index (κ2) is 8.62. The van der Waals surface area contributed by atoms with Crippen LogP contribution in [0.15, 0.2) is 30.6 Å². The highest BCUT2D eigenvalue weighted by Crippen LogP contribution is 2.12. The number of carboxylic acids is 1. The molecule has 2 rings (SSSR count). The van der Waals surface area contributed by atoms with Crippen molar-refractivity contribution in [3.8, 4) is 5.69 Å². The van der Waals surface area contributed by atoms with Gasteiger partial charge in [0.25, 0.3) is 5.91 Å². The molecule has 122 valence electrons. The smallest absolute Gasteiger partial charge is 0.303 e. The van der Waals surface area contributed by atoms with E-state index in [4.69, 9.17) is 5.11 Å². The van der Waals surface area contributed by atoms with Gasteiger partial charge in [-0.2, -0.15) is 4.68 Å². The number of para-hydroxylation sites is 1. The lowest BCUT2D eigenvalue weighted by molar-refractivity contribution is -0.137. The highest BCUT2D eigenvalue weighted by molar-refractivity contribution is 5.97. The van der Waals surface area contributed by atoms with Crippen molar-refractivity contribution in [2.45, 2.75) is 32.1 Å². The Labute approximate surface area is 133 Å². The fourth-order valence-corrected chi connectivity index (χ4v) is 2.19. The molecule has 23 heavy (non-hydrogen) atoms. The Morgan fingerprint density at radius 2 is 1.91 bits per heavy atom. The first-order valence-corrected chi connectivity index (χ1v) is 7.51. The molecular formula is C15H19N5O3. The fourth-order valence-electron chi connectivity index (χ4n) is 2.19. The number of carbonyl (C=O) groups excluding carboxylic acids is 1. The Bertz CT molecular complexity index is 642. The average molecular weight is 317 g/mol. The van der Waals surface area contributed by atoms with Crippen molar-refractivity contribution in [3.05, 3.63) is 36.2 Å². The molecule has 1 heterocycles. The van der Waals surface area contributed by atoms with Crippen LogP contribution in [0.5, 0.6) is 0 Å². The van der Waals surface area contributed by atoms with Crippen LogP contribution >= 0.6 is 0 Å². The van der Waals surface area contributed by atoms with E-state index in [9.17, 15) is 9.59 Å². The first-order valence-electron chi connectivity index (χ1n) is 7.51. The van der Waals surface area contributed by atoms with E-state index in [1.807, 2.05) is 6.07 Å². The van der Waals surface area contributed by atoms with Crippen molar-refractivity contribution in [1.29, 1.82) is 0 Å². The number of aliphatic carboxylic acids is 1. The van der Waals surface area contributed by atoms with Gasteiger partial charge in [0.15, 0.2) is 0 Å². The molecule has 8 nitrogen and oxygen atoms in total. The lowest BCUT2D eigenvalue weighted by atomic mass is 10.1. The summed E-state index contributed by atoms with van der Waals surface area (Å²) < 4.78 is 1.45. The summed E-state index contributed by atoms with van der Waals surface area (Å²) in [6.45, 7) is 0.551. The Morgan fingerprint density at radius 3 is 2.65 bits per heavy atom. The van der Waals surface area contributed by atoms with Gasteiger partial charge in [0.2, 0.25) is 0 Å². The second-order valence-electron chi connectivity index (χ2n) is 5.09. The van der Waals surface area contributed by atoms with Crippen LogP contribution in [0, 0.1) is 0 Å². The summed E-state index contributed by atoms with van der Waals surface area (Å²) in [6.07, 6.45) is 4.87. The number of carboxylic acid groups (broad SMARTS) is 1. The quantitative estimate of drug-likeness (QED) is 0.677. The van der Waals surface area contributed by atoms with E-state index in [1.54, 1.807) is 18.2 Å². The number of nitrogens with zero attached hydrogens (tertiary/aromatic N) is 4. The van der Waals surface area contributed by atoms with Crippen LogP contribution in [0.1, 0.15) is 42.5 Å². The normalized spacial score (nSPS) is 10.4.